The van der Waals surface area contributed by atoms with E-state index in [9.17, 15) is 10.2 Å². The minimum atomic E-state index is -1.58. The van der Waals surface area contributed by atoms with Crippen LogP contribution in [-0.4, -0.2) is 40.2 Å². The van der Waals surface area contributed by atoms with E-state index in [2.05, 4.69) is 81.4 Å². The normalized spacial score (nSPS) is 25.2. The molecule has 0 radical (unpaired) electrons. The smallest absolute Gasteiger partial charge is 0.202 e. The lowest BCUT2D eigenvalue weighted by atomic mass is 9.66. The summed E-state index contributed by atoms with van der Waals surface area (Å²) < 4.78 is 0. The molecule has 0 amide bonds. The van der Waals surface area contributed by atoms with E-state index in [4.69, 9.17) is 20.4 Å². The molecule has 2 aromatic heterocycles. The predicted molar refractivity (Wildman–Crippen MR) is 197 cm³/mol. The first kappa shape index (κ1) is 35.0. The molecular formula is C41H54N6O2. The molecule has 2 N–H and O–H groups in total. The second kappa shape index (κ2) is 11.9. The molecule has 4 unspecified atom stereocenters. The molecule has 0 spiro atoms. The minimum absolute atomic E-state index is 0.0984. The average Bonchev–Trinajstić information content (AvgIpc) is 3.62. The number of benzene rings is 2. The van der Waals surface area contributed by atoms with Crippen LogP contribution in [0.4, 0.5) is 0 Å². The third kappa shape index (κ3) is 6.95. The zero-order valence-electron chi connectivity index (χ0n) is 30.9. The summed E-state index contributed by atoms with van der Waals surface area (Å²) in [4.78, 5) is 2.91. The van der Waals surface area contributed by atoms with Crippen LogP contribution in [-0.2, 0) is 11.4 Å². The number of rotatable bonds is 8. The Labute approximate surface area is 291 Å². The maximum atomic E-state index is 12.7. The predicted octanol–water partition coefficient (Wildman–Crippen LogP) is 8.71. The summed E-state index contributed by atoms with van der Waals surface area (Å²) >= 11 is 0. The van der Waals surface area contributed by atoms with Gasteiger partial charge in [0.2, 0.25) is 11.4 Å². The Morgan fingerprint density at radius 1 is 0.551 bits per heavy atom. The van der Waals surface area contributed by atoms with E-state index in [1.165, 1.54) is 9.59 Å². The Kier molecular flexibility index (Phi) is 8.47. The Bertz CT molecular complexity index is 1770. The highest BCUT2D eigenvalue weighted by atomic mass is 16.3. The second-order valence-corrected chi connectivity index (χ2v) is 18.1. The average molecular weight is 663 g/mol. The topological polar surface area (TPSA) is 102 Å². The van der Waals surface area contributed by atoms with Crippen molar-refractivity contribution in [1.82, 2.24) is 30.0 Å². The zero-order chi connectivity index (χ0) is 35.6. The van der Waals surface area contributed by atoms with Crippen molar-refractivity contribution in [2.45, 2.75) is 99.9 Å². The Morgan fingerprint density at radius 3 is 1.14 bits per heavy atom. The maximum absolute atomic E-state index is 12.7. The van der Waals surface area contributed by atoms with Crippen molar-refractivity contribution in [2.75, 3.05) is 0 Å². The lowest BCUT2D eigenvalue weighted by Gasteiger charge is -2.43. The highest BCUT2D eigenvalue weighted by Gasteiger charge is 2.48. The van der Waals surface area contributed by atoms with E-state index in [-0.39, 0.29) is 21.7 Å². The van der Waals surface area contributed by atoms with Crippen LogP contribution in [0.25, 0.3) is 22.1 Å². The van der Waals surface area contributed by atoms with Gasteiger partial charge in [-0.25, -0.2) is 0 Å². The lowest BCUT2D eigenvalue weighted by Crippen LogP contribution is -2.48. The SMILES string of the molecule is CC(C)(C)CC(C)(C)C1=CC(CC2C=C(C(C)(C)CC(C)(C)C)C=CC2(O)n2nc3ccccc3n2)C(O)(n2nc3ccccc3n2)C=C1. The molecule has 49 heavy (non-hydrogen) atoms. The van der Waals surface area contributed by atoms with Gasteiger partial charge in [-0.15, -0.1) is 9.59 Å². The molecule has 2 aliphatic rings. The Balaban J connectivity index is 1.50. The van der Waals surface area contributed by atoms with E-state index >= 15 is 0 Å². The van der Waals surface area contributed by atoms with Gasteiger partial charge >= 0.3 is 0 Å². The number of fused-ring (bicyclic) bond motifs is 2. The van der Waals surface area contributed by atoms with Crippen LogP contribution >= 0.6 is 0 Å². The lowest BCUT2D eigenvalue weighted by molar-refractivity contribution is -0.0909. The van der Waals surface area contributed by atoms with Crippen molar-refractivity contribution in [3.8, 4) is 0 Å². The van der Waals surface area contributed by atoms with Crippen molar-refractivity contribution in [1.29, 1.82) is 0 Å². The third-order valence-electron chi connectivity index (χ3n) is 10.1. The molecule has 0 fully saturated rings. The molecule has 0 saturated carbocycles. The fourth-order valence-corrected chi connectivity index (χ4v) is 8.45. The molecule has 4 aromatic rings. The molecule has 2 heterocycles. The minimum Gasteiger partial charge on any atom is -0.364 e. The second-order valence-electron chi connectivity index (χ2n) is 18.1. The van der Waals surface area contributed by atoms with Crippen LogP contribution in [0, 0.1) is 33.5 Å². The van der Waals surface area contributed by atoms with Gasteiger partial charge < -0.3 is 10.2 Å². The van der Waals surface area contributed by atoms with Crippen LogP contribution in [0.2, 0.25) is 0 Å². The van der Waals surface area contributed by atoms with Crippen LogP contribution in [0.5, 0.6) is 0 Å². The molecule has 8 heteroatoms. The van der Waals surface area contributed by atoms with Crippen LogP contribution in [0.3, 0.4) is 0 Å². The van der Waals surface area contributed by atoms with Gasteiger partial charge in [-0.1, -0.05) is 118 Å². The molecule has 2 aromatic carbocycles. The molecule has 2 aliphatic carbocycles. The largest absolute Gasteiger partial charge is 0.364 e. The third-order valence-corrected chi connectivity index (χ3v) is 10.1. The molecule has 0 saturated heterocycles. The number of aromatic nitrogens is 6. The van der Waals surface area contributed by atoms with Crippen LogP contribution in [0.15, 0.2) is 96.1 Å². The van der Waals surface area contributed by atoms with E-state index < -0.39 is 23.3 Å². The first-order chi connectivity index (χ1) is 22.7. The van der Waals surface area contributed by atoms with E-state index in [1.54, 1.807) is 0 Å². The van der Waals surface area contributed by atoms with Crippen LogP contribution in [0.1, 0.15) is 88.5 Å². The summed E-state index contributed by atoms with van der Waals surface area (Å²) in [6.45, 7) is 22.6. The first-order valence-electron chi connectivity index (χ1n) is 17.6. The van der Waals surface area contributed by atoms with Gasteiger partial charge in [-0.05, 0) is 88.5 Å². The first-order valence-corrected chi connectivity index (χ1v) is 17.6. The van der Waals surface area contributed by atoms with E-state index in [0.29, 0.717) is 28.5 Å². The highest BCUT2D eigenvalue weighted by Crippen LogP contribution is 2.49. The van der Waals surface area contributed by atoms with Gasteiger partial charge in [0, 0.05) is 11.8 Å². The van der Waals surface area contributed by atoms with Gasteiger partial charge in [-0.2, -0.15) is 20.4 Å². The summed E-state index contributed by atoms with van der Waals surface area (Å²) in [6, 6.07) is 15.3. The standard InChI is InChI=1S/C41H54N6O2/c1-36(2,3)26-38(7,8)28-19-21-40(48,46-42-32-15-11-12-16-33(32)43-46)30(23-28)25-31-24-29(39(9,10)27-37(4,5)6)20-22-41(31,49)47-44-34-17-13-14-18-35(34)45-47/h11-24,30-31,48-49H,25-27H2,1-10H3. The number of allylic oxidation sites excluding steroid dienone is 4. The maximum Gasteiger partial charge on any atom is 0.202 e. The van der Waals surface area contributed by atoms with Crippen molar-refractivity contribution < 1.29 is 10.2 Å². The molecular weight excluding hydrogens is 608 g/mol. The molecule has 4 atom stereocenters. The van der Waals surface area contributed by atoms with Gasteiger partial charge in [0.1, 0.15) is 22.1 Å². The summed E-state index contributed by atoms with van der Waals surface area (Å²) in [5, 5.41) is 44.5. The van der Waals surface area contributed by atoms with Gasteiger partial charge in [0.05, 0.1) is 0 Å². The Morgan fingerprint density at radius 2 is 0.857 bits per heavy atom. The summed E-state index contributed by atoms with van der Waals surface area (Å²) in [6.07, 6.45) is 14.5. The number of hydrogen-bond acceptors (Lipinski definition) is 6. The molecule has 260 valence electrons. The fourth-order valence-electron chi connectivity index (χ4n) is 8.45. The molecule has 6 rings (SSSR count). The van der Waals surface area contributed by atoms with Gasteiger partial charge in [0.25, 0.3) is 0 Å². The molecule has 8 nitrogen and oxygen atoms in total. The van der Waals surface area contributed by atoms with E-state index in [0.717, 1.165) is 24.0 Å². The summed E-state index contributed by atoms with van der Waals surface area (Å²) in [7, 11) is 0. The highest BCUT2D eigenvalue weighted by molar-refractivity contribution is 5.73. The quantitative estimate of drug-likeness (QED) is 0.196. The van der Waals surface area contributed by atoms with Crippen LogP contribution < -0.4 is 0 Å². The monoisotopic (exact) mass is 662 g/mol. The fraction of sp³-hybridized carbons (Fsp3) is 0.512. The van der Waals surface area contributed by atoms with Crippen molar-refractivity contribution in [2.24, 2.45) is 33.5 Å². The van der Waals surface area contributed by atoms with E-state index in [1.807, 2.05) is 72.8 Å². The zero-order valence-corrected chi connectivity index (χ0v) is 30.9. The van der Waals surface area contributed by atoms with Crippen molar-refractivity contribution in [3.05, 3.63) is 96.1 Å². The van der Waals surface area contributed by atoms with Gasteiger partial charge in [0.15, 0.2) is 0 Å². The number of nitrogens with zero attached hydrogens (tertiary/aromatic N) is 6. The van der Waals surface area contributed by atoms with Crippen molar-refractivity contribution in [3.63, 3.8) is 0 Å². The number of hydrogen-bond donors (Lipinski definition) is 2. The van der Waals surface area contributed by atoms with Crippen molar-refractivity contribution >= 4 is 22.1 Å². The number of aliphatic hydroxyl groups is 2. The Hall–Kier alpha value is -3.88. The van der Waals surface area contributed by atoms with Gasteiger partial charge in [-0.3, -0.25) is 0 Å². The summed E-state index contributed by atoms with van der Waals surface area (Å²) in [5.41, 5.74) is 1.81. The molecule has 0 bridgehead atoms. The summed E-state index contributed by atoms with van der Waals surface area (Å²) in [5.74, 6) is -0.991. The molecule has 0 aliphatic heterocycles.